The molecule has 0 fully saturated rings. The van der Waals surface area contributed by atoms with E-state index >= 15 is 0 Å². The molecule has 0 spiro atoms. The van der Waals surface area contributed by atoms with Gasteiger partial charge in [-0.05, 0) is 6.07 Å². The summed E-state index contributed by atoms with van der Waals surface area (Å²) in [6.45, 7) is 0.949. The van der Waals surface area contributed by atoms with E-state index in [1.807, 2.05) is 0 Å². The zero-order chi connectivity index (χ0) is 13.0. The Bertz CT molecular complexity index is 541. The standard InChI is InChI=1S/C10H11ClN6O/c11-8-6-14-9(12)5-7(8)10(18)13-1-3-17-4-2-15-16-17/h2,4-6H,1,3H2,(H2,12,14)(H,13,18). The molecule has 0 atom stereocenters. The Labute approximate surface area is 108 Å². The van der Waals surface area contributed by atoms with E-state index in [4.69, 9.17) is 17.3 Å². The molecule has 94 valence electrons. The average molecular weight is 267 g/mol. The summed E-state index contributed by atoms with van der Waals surface area (Å²) in [5.74, 6) is -0.0463. The van der Waals surface area contributed by atoms with Crippen molar-refractivity contribution in [2.45, 2.75) is 6.54 Å². The van der Waals surface area contributed by atoms with Gasteiger partial charge in [0, 0.05) is 18.9 Å². The van der Waals surface area contributed by atoms with Crippen molar-refractivity contribution in [3.8, 4) is 0 Å². The molecule has 8 heteroatoms. The first-order valence-electron chi connectivity index (χ1n) is 5.20. The number of hydrogen-bond acceptors (Lipinski definition) is 5. The van der Waals surface area contributed by atoms with E-state index < -0.39 is 0 Å². The van der Waals surface area contributed by atoms with Crippen LogP contribution in [0, 0.1) is 0 Å². The molecule has 0 saturated heterocycles. The molecule has 3 N–H and O–H groups in total. The lowest BCUT2D eigenvalue weighted by molar-refractivity contribution is 0.0952. The third-order valence-electron chi connectivity index (χ3n) is 2.22. The molecular weight excluding hydrogens is 256 g/mol. The van der Waals surface area contributed by atoms with E-state index in [1.165, 1.54) is 12.3 Å². The number of nitrogen functional groups attached to an aromatic ring is 1. The lowest BCUT2D eigenvalue weighted by Crippen LogP contribution is -2.27. The van der Waals surface area contributed by atoms with Gasteiger partial charge in [0.1, 0.15) is 5.82 Å². The lowest BCUT2D eigenvalue weighted by atomic mass is 10.2. The van der Waals surface area contributed by atoms with Crippen LogP contribution in [0.15, 0.2) is 24.7 Å². The second kappa shape index (κ2) is 5.46. The SMILES string of the molecule is Nc1cc(C(=O)NCCn2ccnn2)c(Cl)cn1. The first kappa shape index (κ1) is 12.3. The van der Waals surface area contributed by atoms with Crippen molar-refractivity contribution < 1.29 is 4.79 Å². The van der Waals surface area contributed by atoms with Crippen LogP contribution in [0.2, 0.25) is 5.02 Å². The zero-order valence-corrected chi connectivity index (χ0v) is 10.1. The molecule has 0 unspecified atom stereocenters. The molecule has 0 saturated carbocycles. The average Bonchev–Trinajstić information content (AvgIpc) is 2.85. The van der Waals surface area contributed by atoms with Crippen molar-refractivity contribution in [3.63, 3.8) is 0 Å². The molecule has 1 amide bonds. The Hall–Kier alpha value is -2.15. The fourth-order valence-electron chi connectivity index (χ4n) is 1.36. The molecule has 2 aromatic rings. The van der Waals surface area contributed by atoms with Crippen LogP contribution in [0.5, 0.6) is 0 Å². The van der Waals surface area contributed by atoms with Crippen LogP contribution in [0.4, 0.5) is 5.82 Å². The van der Waals surface area contributed by atoms with Gasteiger partial charge in [-0.2, -0.15) is 0 Å². The summed E-state index contributed by atoms with van der Waals surface area (Å²) >= 11 is 5.86. The molecule has 0 aromatic carbocycles. The van der Waals surface area contributed by atoms with Gasteiger partial charge in [-0.15, -0.1) is 5.10 Å². The van der Waals surface area contributed by atoms with Crippen molar-refractivity contribution in [1.82, 2.24) is 25.3 Å². The van der Waals surface area contributed by atoms with Crippen molar-refractivity contribution in [3.05, 3.63) is 35.2 Å². The maximum Gasteiger partial charge on any atom is 0.253 e. The van der Waals surface area contributed by atoms with E-state index in [-0.39, 0.29) is 16.7 Å². The normalized spacial score (nSPS) is 10.3. The van der Waals surface area contributed by atoms with Gasteiger partial charge in [0.15, 0.2) is 0 Å². The van der Waals surface area contributed by atoms with Crippen LogP contribution in [-0.4, -0.2) is 32.4 Å². The summed E-state index contributed by atoms with van der Waals surface area (Å²) in [6, 6.07) is 1.44. The van der Waals surface area contributed by atoms with Crippen LogP contribution < -0.4 is 11.1 Å². The van der Waals surface area contributed by atoms with Gasteiger partial charge >= 0.3 is 0 Å². The predicted molar refractivity (Wildman–Crippen MR) is 66.0 cm³/mol. The number of halogens is 1. The van der Waals surface area contributed by atoms with Crippen LogP contribution >= 0.6 is 11.6 Å². The maximum absolute atomic E-state index is 11.8. The first-order valence-corrected chi connectivity index (χ1v) is 5.58. The fraction of sp³-hybridized carbons (Fsp3) is 0.200. The Kier molecular flexibility index (Phi) is 3.73. The second-order valence-electron chi connectivity index (χ2n) is 3.51. The van der Waals surface area contributed by atoms with E-state index in [1.54, 1.807) is 17.1 Å². The minimum absolute atomic E-state index is 0.251. The van der Waals surface area contributed by atoms with Crippen molar-refractivity contribution in [2.75, 3.05) is 12.3 Å². The molecule has 0 bridgehead atoms. The number of aromatic nitrogens is 4. The van der Waals surface area contributed by atoms with Crippen molar-refractivity contribution in [2.24, 2.45) is 0 Å². The van der Waals surface area contributed by atoms with Gasteiger partial charge in [0.2, 0.25) is 0 Å². The Morgan fingerprint density at radius 1 is 1.56 bits per heavy atom. The summed E-state index contributed by atoms with van der Waals surface area (Å²) in [6.07, 6.45) is 4.63. The third kappa shape index (κ3) is 2.95. The summed E-state index contributed by atoms with van der Waals surface area (Å²) < 4.78 is 1.61. The third-order valence-corrected chi connectivity index (χ3v) is 2.52. The molecule has 18 heavy (non-hydrogen) atoms. The number of nitrogens with zero attached hydrogens (tertiary/aromatic N) is 4. The molecule has 0 aliphatic rings. The minimum Gasteiger partial charge on any atom is -0.384 e. The van der Waals surface area contributed by atoms with Gasteiger partial charge in [-0.25, -0.2) is 4.98 Å². The highest BCUT2D eigenvalue weighted by atomic mass is 35.5. The van der Waals surface area contributed by atoms with Crippen LogP contribution in [-0.2, 0) is 6.54 Å². The van der Waals surface area contributed by atoms with Gasteiger partial charge in [-0.1, -0.05) is 16.8 Å². The number of rotatable bonds is 4. The Morgan fingerprint density at radius 2 is 2.39 bits per heavy atom. The largest absolute Gasteiger partial charge is 0.384 e. The predicted octanol–water partition coefficient (Wildman–Crippen LogP) is 0.339. The second-order valence-corrected chi connectivity index (χ2v) is 3.92. The first-order chi connectivity index (χ1) is 8.66. The van der Waals surface area contributed by atoms with E-state index in [9.17, 15) is 4.79 Å². The number of nitrogens with two attached hydrogens (primary N) is 1. The molecular formula is C10H11ClN6O. The smallest absolute Gasteiger partial charge is 0.253 e. The lowest BCUT2D eigenvalue weighted by Gasteiger charge is -2.06. The van der Waals surface area contributed by atoms with Crippen molar-refractivity contribution in [1.29, 1.82) is 0 Å². The highest BCUT2D eigenvalue weighted by molar-refractivity contribution is 6.33. The number of anilines is 1. The maximum atomic E-state index is 11.8. The molecule has 0 radical (unpaired) electrons. The van der Waals surface area contributed by atoms with Gasteiger partial charge in [-0.3, -0.25) is 9.48 Å². The number of nitrogens with one attached hydrogen (secondary N) is 1. The van der Waals surface area contributed by atoms with E-state index in [0.717, 1.165) is 0 Å². The molecule has 2 aromatic heterocycles. The summed E-state index contributed by atoms with van der Waals surface area (Å²) in [5.41, 5.74) is 5.81. The molecule has 2 rings (SSSR count). The highest BCUT2D eigenvalue weighted by Crippen LogP contribution is 2.16. The Balaban J connectivity index is 1.93. The van der Waals surface area contributed by atoms with Crippen molar-refractivity contribution >= 4 is 23.3 Å². The van der Waals surface area contributed by atoms with E-state index in [0.29, 0.717) is 18.7 Å². The van der Waals surface area contributed by atoms with E-state index in [2.05, 4.69) is 20.6 Å². The van der Waals surface area contributed by atoms with Crippen LogP contribution in [0.25, 0.3) is 0 Å². The molecule has 0 aliphatic heterocycles. The number of hydrogen-bond donors (Lipinski definition) is 2. The summed E-state index contributed by atoms with van der Waals surface area (Å²) in [4.78, 5) is 15.6. The van der Waals surface area contributed by atoms with Gasteiger partial charge in [0.05, 0.1) is 23.3 Å². The topological polar surface area (TPSA) is 98.7 Å². The number of carbonyl (C=O) groups is 1. The quantitative estimate of drug-likeness (QED) is 0.831. The number of carbonyl (C=O) groups excluding carboxylic acids is 1. The fourth-order valence-corrected chi connectivity index (χ4v) is 1.55. The zero-order valence-electron chi connectivity index (χ0n) is 9.38. The highest BCUT2D eigenvalue weighted by Gasteiger charge is 2.10. The number of pyridine rings is 1. The number of amides is 1. The summed E-state index contributed by atoms with van der Waals surface area (Å²) in [5, 5.41) is 10.4. The summed E-state index contributed by atoms with van der Waals surface area (Å²) in [7, 11) is 0. The monoisotopic (exact) mass is 266 g/mol. The van der Waals surface area contributed by atoms with Crippen LogP contribution in [0.1, 0.15) is 10.4 Å². The Morgan fingerprint density at radius 3 is 3.11 bits per heavy atom. The van der Waals surface area contributed by atoms with Gasteiger partial charge < -0.3 is 11.1 Å². The van der Waals surface area contributed by atoms with Crippen LogP contribution in [0.3, 0.4) is 0 Å². The van der Waals surface area contributed by atoms with Gasteiger partial charge in [0.25, 0.3) is 5.91 Å². The molecule has 7 nitrogen and oxygen atoms in total. The molecule has 2 heterocycles. The minimum atomic E-state index is -0.297. The molecule has 0 aliphatic carbocycles.